The molecule has 1 saturated carbocycles. The molecule has 3 aromatic rings. The molecule has 9 heteroatoms. The van der Waals surface area contributed by atoms with Gasteiger partial charge in [-0.3, -0.25) is 14.5 Å². The molecule has 2 heterocycles. The summed E-state index contributed by atoms with van der Waals surface area (Å²) >= 11 is 12.1. The van der Waals surface area contributed by atoms with Gasteiger partial charge in [-0.1, -0.05) is 47.5 Å². The van der Waals surface area contributed by atoms with E-state index in [9.17, 15) is 19.5 Å². The number of nitrogens with one attached hydrogen (secondary N) is 1. The van der Waals surface area contributed by atoms with Crippen LogP contribution in [0.1, 0.15) is 34.3 Å². The highest BCUT2D eigenvalue weighted by atomic mass is 35.5. The van der Waals surface area contributed by atoms with Gasteiger partial charge in [0, 0.05) is 18.2 Å². The number of hydrogen-bond acceptors (Lipinski definition) is 4. The van der Waals surface area contributed by atoms with Crippen LogP contribution in [0.5, 0.6) is 0 Å². The van der Waals surface area contributed by atoms with Crippen LogP contribution in [0, 0.1) is 0 Å². The second-order valence-corrected chi connectivity index (χ2v) is 9.24. The molecular formula is C25H19Cl2N3O4. The minimum atomic E-state index is -1.20. The smallest absolute Gasteiger partial charge is 0.326 e. The van der Waals surface area contributed by atoms with E-state index in [0.717, 1.165) is 18.4 Å². The number of benzene rings is 2. The zero-order valence-electron chi connectivity index (χ0n) is 17.8. The summed E-state index contributed by atoms with van der Waals surface area (Å²) in [6, 6.07) is 14.2. The number of carbonyl (C=O) groups excluding carboxylic acids is 2. The molecule has 2 amide bonds. The lowest BCUT2D eigenvalue weighted by Crippen LogP contribution is -2.42. The largest absolute Gasteiger partial charge is 0.480 e. The topological polar surface area (TPSA) is 99.6 Å². The van der Waals surface area contributed by atoms with Crippen molar-refractivity contribution in [3.8, 4) is 0 Å². The number of halogens is 2. The third kappa shape index (κ3) is 3.71. The molecule has 0 bridgehead atoms. The lowest BCUT2D eigenvalue weighted by Gasteiger charge is -2.19. The van der Waals surface area contributed by atoms with Crippen molar-refractivity contribution >= 4 is 52.5 Å². The zero-order chi connectivity index (χ0) is 24.0. The fourth-order valence-electron chi connectivity index (χ4n) is 4.38. The van der Waals surface area contributed by atoms with Gasteiger partial charge in [-0.2, -0.15) is 0 Å². The predicted molar refractivity (Wildman–Crippen MR) is 128 cm³/mol. The summed E-state index contributed by atoms with van der Waals surface area (Å²) in [7, 11) is 0. The molecule has 1 atom stereocenters. The van der Waals surface area contributed by atoms with Gasteiger partial charge in [-0.25, -0.2) is 9.78 Å². The van der Waals surface area contributed by atoms with Crippen molar-refractivity contribution in [3.05, 3.63) is 87.5 Å². The van der Waals surface area contributed by atoms with Crippen molar-refractivity contribution in [2.24, 2.45) is 0 Å². The number of carboxylic acid groups (broad SMARTS) is 1. The average Bonchev–Trinajstić information content (AvgIpc) is 3.57. The number of pyridine rings is 1. The number of aromatic nitrogens is 1. The van der Waals surface area contributed by atoms with Gasteiger partial charge in [-0.05, 0) is 48.7 Å². The maximum atomic E-state index is 13.1. The Balaban J connectivity index is 1.35. The molecule has 2 N–H and O–H groups in total. The van der Waals surface area contributed by atoms with Gasteiger partial charge in [-0.15, -0.1) is 0 Å². The third-order valence-electron chi connectivity index (χ3n) is 6.30. The van der Waals surface area contributed by atoms with E-state index in [1.54, 1.807) is 41.4 Å². The minimum absolute atomic E-state index is 0.0150. The molecular weight excluding hydrogens is 477 g/mol. The monoisotopic (exact) mass is 495 g/mol. The van der Waals surface area contributed by atoms with Crippen molar-refractivity contribution in [1.29, 1.82) is 0 Å². The highest BCUT2D eigenvalue weighted by molar-refractivity contribution is 6.39. The fraction of sp³-hybridized carbons (Fsp3) is 0.200. The number of rotatable bonds is 6. The maximum Gasteiger partial charge on any atom is 0.326 e. The van der Waals surface area contributed by atoms with Gasteiger partial charge in [0.1, 0.15) is 11.9 Å². The van der Waals surface area contributed by atoms with Crippen LogP contribution < -0.4 is 10.2 Å². The molecule has 0 saturated heterocycles. The number of fused-ring (bicyclic) bond motifs is 2. The number of nitrogens with zero attached hydrogens (tertiary/aromatic N) is 2. The molecule has 1 aromatic heterocycles. The zero-order valence-corrected chi connectivity index (χ0v) is 19.3. The van der Waals surface area contributed by atoms with Crippen LogP contribution in [-0.2, 0) is 21.4 Å². The van der Waals surface area contributed by atoms with Crippen LogP contribution >= 0.6 is 23.2 Å². The van der Waals surface area contributed by atoms with E-state index < -0.39 is 23.3 Å². The van der Waals surface area contributed by atoms with E-state index in [1.807, 2.05) is 12.1 Å². The van der Waals surface area contributed by atoms with Crippen LogP contribution in [0.15, 0.2) is 60.8 Å². The third-order valence-corrected chi connectivity index (χ3v) is 6.93. The molecule has 5 rings (SSSR count). The molecule has 1 aliphatic heterocycles. The number of amides is 2. The predicted octanol–water partition coefficient (Wildman–Crippen LogP) is 4.52. The van der Waals surface area contributed by atoms with Crippen LogP contribution in [0.25, 0.3) is 0 Å². The van der Waals surface area contributed by atoms with Gasteiger partial charge in [0.15, 0.2) is 0 Å². The molecule has 1 fully saturated rings. The van der Waals surface area contributed by atoms with Gasteiger partial charge in [0.25, 0.3) is 5.91 Å². The summed E-state index contributed by atoms with van der Waals surface area (Å²) in [6.07, 6.45) is 3.33. The Morgan fingerprint density at radius 3 is 2.35 bits per heavy atom. The van der Waals surface area contributed by atoms with Gasteiger partial charge < -0.3 is 10.4 Å². The standard InChI is InChI=1S/C25H19Cl2N3O4/c26-17-4-1-5-18(27)20(17)22(31)29-19(23(32)33)13-14-6-8-15(9-7-14)30-21-16(3-2-12-28-21)25(10-11-25)24(30)34/h1-9,12,19H,10-11,13H2,(H,29,31)(H,32,33). The Morgan fingerprint density at radius 1 is 1.06 bits per heavy atom. The Labute approximate surface area is 205 Å². The number of hydrogen-bond donors (Lipinski definition) is 2. The molecule has 0 radical (unpaired) electrons. The Kier molecular flexibility index (Phi) is 5.54. The first-order valence-electron chi connectivity index (χ1n) is 10.7. The minimum Gasteiger partial charge on any atom is -0.480 e. The quantitative estimate of drug-likeness (QED) is 0.523. The van der Waals surface area contributed by atoms with E-state index in [4.69, 9.17) is 23.2 Å². The van der Waals surface area contributed by atoms with Crippen molar-refractivity contribution in [3.63, 3.8) is 0 Å². The second-order valence-electron chi connectivity index (χ2n) is 8.43. The van der Waals surface area contributed by atoms with Crippen molar-refractivity contribution < 1.29 is 19.5 Å². The SMILES string of the molecule is O=C(NC(Cc1ccc(N2C(=O)C3(CC3)c3cccnc32)cc1)C(=O)O)c1c(Cl)cccc1Cl. The Hall–Kier alpha value is -3.42. The number of aliphatic carboxylic acids is 1. The summed E-state index contributed by atoms with van der Waals surface area (Å²) in [4.78, 5) is 43.7. The molecule has 2 aliphatic rings. The first-order valence-corrected chi connectivity index (χ1v) is 11.4. The van der Waals surface area contributed by atoms with Gasteiger partial charge in [0.2, 0.25) is 5.91 Å². The van der Waals surface area contributed by atoms with Crippen molar-refractivity contribution in [2.75, 3.05) is 4.90 Å². The van der Waals surface area contributed by atoms with E-state index in [0.29, 0.717) is 17.1 Å². The molecule has 172 valence electrons. The van der Waals surface area contributed by atoms with Crippen LogP contribution in [0.4, 0.5) is 11.5 Å². The molecule has 2 aromatic carbocycles. The highest BCUT2D eigenvalue weighted by Crippen LogP contribution is 2.58. The Morgan fingerprint density at radius 2 is 1.74 bits per heavy atom. The van der Waals surface area contributed by atoms with Gasteiger partial charge >= 0.3 is 5.97 Å². The van der Waals surface area contributed by atoms with Crippen LogP contribution in [0.3, 0.4) is 0 Å². The van der Waals surface area contributed by atoms with E-state index >= 15 is 0 Å². The average molecular weight is 496 g/mol. The molecule has 34 heavy (non-hydrogen) atoms. The normalized spacial score (nSPS) is 16.3. The first kappa shape index (κ1) is 22.4. The van der Waals surface area contributed by atoms with Crippen molar-refractivity contribution in [2.45, 2.75) is 30.7 Å². The van der Waals surface area contributed by atoms with Gasteiger partial charge in [0.05, 0.1) is 26.7 Å². The van der Waals surface area contributed by atoms with Crippen LogP contribution in [-0.4, -0.2) is 33.9 Å². The number of carboxylic acids is 1. The molecule has 1 aliphatic carbocycles. The summed E-state index contributed by atoms with van der Waals surface area (Å²) in [5.74, 6) is -1.20. The van der Waals surface area contributed by atoms with Crippen molar-refractivity contribution in [1.82, 2.24) is 10.3 Å². The molecule has 7 nitrogen and oxygen atoms in total. The first-order chi connectivity index (χ1) is 16.3. The molecule has 1 unspecified atom stereocenters. The second kappa shape index (κ2) is 8.42. The fourth-order valence-corrected chi connectivity index (χ4v) is 4.95. The lowest BCUT2D eigenvalue weighted by atomic mass is 10.00. The van der Waals surface area contributed by atoms with E-state index in [1.165, 1.54) is 12.1 Å². The van der Waals surface area contributed by atoms with E-state index in [-0.39, 0.29) is 27.9 Å². The highest BCUT2D eigenvalue weighted by Gasteiger charge is 2.60. The summed E-state index contributed by atoms with van der Waals surface area (Å²) in [5.41, 5.74) is 1.86. The van der Waals surface area contributed by atoms with Crippen LogP contribution in [0.2, 0.25) is 10.0 Å². The number of carbonyl (C=O) groups is 3. The summed E-state index contributed by atoms with van der Waals surface area (Å²) in [6.45, 7) is 0. The van der Waals surface area contributed by atoms with E-state index in [2.05, 4.69) is 10.3 Å². The molecule has 1 spiro atoms. The lowest BCUT2D eigenvalue weighted by molar-refractivity contribution is -0.139. The maximum absolute atomic E-state index is 13.1. The Bertz CT molecular complexity index is 1300. The summed E-state index contributed by atoms with van der Waals surface area (Å²) < 4.78 is 0. The summed E-state index contributed by atoms with van der Waals surface area (Å²) in [5, 5.41) is 12.4. The number of anilines is 2.